The first-order valence-electron chi connectivity index (χ1n) is 11.8. The zero-order valence-corrected chi connectivity index (χ0v) is 19.4. The van der Waals surface area contributed by atoms with E-state index in [1.54, 1.807) is 6.21 Å². The first-order chi connectivity index (χ1) is 16.8. The largest absolute Gasteiger partial charge is 0.446 e. The van der Waals surface area contributed by atoms with Gasteiger partial charge in [-0.25, -0.2) is 10.4 Å². The van der Waals surface area contributed by atoms with Crippen LogP contribution in [0.3, 0.4) is 0 Å². The molecule has 1 saturated heterocycles. The minimum absolute atomic E-state index is 0.408. The van der Waals surface area contributed by atoms with E-state index in [0.717, 1.165) is 54.8 Å². The Kier molecular flexibility index (Phi) is 6.65. The average molecular weight is 457 g/mol. The van der Waals surface area contributed by atoms with E-state index >= 15 is 0 Å². The fraction of sp³-hybridized carbons (Fsp3) is 0.308. The average Bonchev–Trinajstić information content (AvgIpc) is 3.21. The molecule has 0 atom stereocenters. The Morgan fingerprint density at radius 3 is 2.68 bits per heavy atom. The van der Waals surface area contributed by atoms with E-state index in [2.05, 4.69) is 65.4 Å². The van der Waals surface area contributed by atoms with Crippen molar-refractivity contribution in [2.24, 2.45) is 12.1 Å². The van der Waals surface area contributed by atoms with Crippen molar-refractivity contribution in [2.75, 3.05) is 30.0 Å². The van der Waals surface area contributed by atoms with E-state index in [0.29, 0.717) is 18.6 Å². The second-order valence-corrected chi connectivity index (χ2v) is 8.52. The minimum atomic E-state index is 0.408. The fourth-order valence-electron chi connectivity index (χ4n) is 4.29. The molecule has 2 N–H and O–H groups in total. The van der Waals surface area contributed by atoms with E-state index < -0.39 is 0 Å². The second-order valence-electron chi connectivity index (χ2n) is 8.52. The number of ether oxygens (including phenoxy) is 1. The van der Waals surface area contributed by atoms with Gasteiger partial charge in [-0.15, -0.1) is 0 Å². The zero-order chi connectivity index (χ0) is 23.2. The number of nitrogens with zero attached hydrogens (tertiary/aromatic N) is 5. The number of hydrazone groups is 1. The molecule has 3 heterocycles. The number of aryl methyl sites for hydroxylation is 1. The van der Waals surface area contributed by atoms with Crippen LogP contribution in [0.25, 0.3) is 10.9 Å². The molecule has 0 amide bonds. The van der Waals surface area contributed by atoms with Crippen molar-refractivity contribution in [1.82, 2.24) is 14.5 Å². The maximum absolute atomic E-state index is 5.98. The van der Waals surface area contributed by atoms with E-state index in [9.17, 15) is 0 Å². The minimum Gasteiger partial charge on any atom is -0.446 e. The van der Waals surface area contributed by atoms with Crippen molar-refractivity contribution in [3.8, 4) is 6.01 Å². The summed E-state index contributed by atoms with van der Waals surface area (Å²) < 4.78 is 8.07. The molecule has 174 valence electrons. The van der Waals surface area contributed by atoms with Gasteiger partial charge in [0.1, 0.15) is 0 Å². The van der Waals surface area contributed by atoms with E-state index in [-0.39, 0.29) is 0 Å². The van der Waals surface area contributed by atoms with Crippen molar-refractivity contribution < 1.29 is 9.72 Å². The molecule has 2 aromatic carbocycles. The van der Waals surface area contributed by atoms with Crippen LogP contribution in [0.4, 0.5) is 11.9 Å². The molecule has 1 fully saturated rings. The van der Waals surface area contributed by atoms with E-state index in [1.807, 2.05) is 37.4 Å². The van der Waals surface area contributed by atoms with Crippen LogP contribution in [-0.4, -0.2) is 40.4 Å². The number of para-hydroxylation sites is 1. The Morgan fingerprint density at radius 1 is 1.03 bits per heavy atom. The van der Waals surface area contributed by atoms with Gasteiger partial charge in [-0.05, 0) is 35.9 Å². The molecule has 0 radical (unpaired) electrons. The molecule has 8 nitrogen and oxygen atoms in total. The molecule has 8 heteroatoms. The highest BCUT2D eigenvalue weighted by molar-refractivity contribution is 5.99. The fourth-order valence-corrected chi connectivity index (χ4v) is 4.29. The normalized spacial score (nSPS) is 14.1. The van der Waals surface area contributed by atoms with Crippen LogP contribution in [0, 0.1) is 0 Å². The maximum atomic E-state index is 5.98. The van der Waals surface area contributed by atoms with Crippen molar-refractivity contribution in [2.45, 2.75) is 25.7 Å². The van der Waals surface area contributed by atoms with Gasteiger partial charge in [-0.1, -0.05) is 53.5 Å². The van der Waals surface area contributed by atoms with E-state index in [4.69, 9.17) is 4.74 Å². The molecule has 0 aliphatic carbocycles. The van der Waals surface area contributed by atoms with Crippen molar-refractivity contribution >= 4 is 29.0 Å². The Morgan fingerprint density at radius 2 is 1.82 bits per heavy atom. The summed E-state index contributed by atoms with van der Waals surface area (Å²) in [5.74, 6) is 1.16. The molecule has 1 aliphatic rings. The van der Waals surface area contributed by atoms with Gasteiger partial charge < -0.3 is 9.30 Å². The quantitative estimate of drug-likeness (QED) is 0.322. The van der Waals surface area contributed by atoms with Gasteiger partial charge in [0.25, 0.3) is 0 Å². The standard InChI is InChI=1S/C26H29N7O/c1-32-19-21(22-12-6-7-13-23(22)32)18-27-31-24-28-25(33-15-8-3-9-16-33)30-26(29-24)34-17-14-20-10-4-2-5-11-20/h2,4-7,10-13,18-19H,3,8-9,14-17H2,1H3,(H,28,29,30,31)/p+1/b27-18+. The van der Waals surface area contributed by atoms with Crippen molar-refractivity contribution in [1.29, 1.82) is 0 Å². The summed E-state index contributed by atoms with van der Waals surface area (Å²) in [6.07, 6.45) is 8.24. The smallest absolute Gasteiger partial charge is 0.404 e. The third-order valence-corrected chi connectivity index (χ3v) is 6.06. The number of fused-ring (bicyclic) bond motifs is 1. The van der Waals surface area contributed by atoms with Crippen molar-refractivity contribution in [3.63, 3.8) is 0 Å². The molecule has 0 bridgehead atoms. The molecule has 0 saturated carbocycles. The van der Waals surface area contributed by atoms with Gasteiger partial charge in [-0.3, -0.25) is 4.90 Å². The summed E-state index contributed by atoms with van der Waals surface area (Å²) in [6, 6.07) is 19.0. The highest BCUT2D eigenvalue weighted by atomic mass is 16.5. The number of aromatic amines is 1. The molecular formula is C26H30N7O+. The Hall–Kier alpha value is -3.94. The predicted molar refractivity (Wildman–Crippen MR) is 134 cm³/mol. The number of benzene rings is 2. The van der Waals surface area contributed by atoms with Gasteiger partial charge in [0, 0.05) is 36.1 Å². The Labute approximate surface area is 199 Å². The van der Waals surface area contributed by atoms with Gasteiger partial charge in [0.2, 0.25) is 0 Å². The summed E-state index contributed by atoms with van der Waals surface area (Å²) in [7, 11) is 2.03. The second kappa shape index (κ2) is 10.3. The topological polar surface area (TPSA) is 81.7 Å². The number of H-pyrrole nitrogens is 1. The first-order valence-corrected chi connectivity index (χ1v) is 11.8. The molecule has 4 aromatic rings. The molecular weight excluding hydrogens is 426 g/mol. The van der Waals surface area contributed by atoms with Crippen LogP contribution in [0.1, 0.15) is 30.4 Å². The lowest BCUT2D eigenvalue weighted by Gasteiger charge is -2.22. The summed E-state index contributed by atoms with van der Waals surface area (Å²) in [5.41, 5.74) is 6.43. The number of hydrogen-bond acceptors (Lipinski definition) is 6. The van der Waals surface area contributed by atoms with Gasteiger partial charge in [-0.2, -0.15) is 5.10 Å². The summed E-state index contributed by atoms with van der Waals surface area (Å²) in [5, 5.41) is 5.58. The van der Waals surface area contributed by atoms with Gasteiger partial charge in [0.15, 0.2) is 0 Å². The summed E-state index contributed by atoms with van der Waals surface area (Å²) >= 11 is 0. The molecule has 1 aliphatic heterocycles. The van der Waals surface area contributed by atoms with Crippen LogP contribution in [0.5, 0.6) is 6.01 Å². The zero-order valence-electron chi connectivity index (χ0n) is 19.4. The molecule has 5 rings (SSSR count). The highest BCUT2D eigenvalue weighted by Gasteiger charge is 2.23. The lowest BCUT2D eigenvalue weighted by Crippen LogP contribution is -2.36. The molecule has 34 heavy (non-hydrogen) atoms. The SMILES string of the molecule is Cn1cc(/C=N/Nc2nc(OCCc3ccccc3)[nH+]c(N3CCCCC3)n2)c2ccccc21. The molecule has 0 unspecified atom stereocenters. The van der Waals surface area contributed by atoms with Crippen LogP contribution in [0.2, 0.25) is 0 Å². The monoisotopic (exact) mass is 456 g/mol. The molecule has 2 aromatic heterocycles. The maximum Gasteiger partial charge on any atom is 0.404 e. The van der Waals surface area contributed by atoms with Gasteiger partial charge >= 0.3 is 17.9 Å². The number of hydrogen-bond donors (Lipinski definition) is 1. The third-order valence-electron chi connectivity index (χ3n) is 6.06. The third kappa shape index (κ3) is 5.17. The number of nitrogens with one attached hydrogen (secondary N) is 2. The molecule has 0 spiro atoms. The predicted octanol–water partition coefficient (Wildman–Crippen LogP) is 3.84. The lowest BCUT2D eigenvalue weighted by molar-refractivity contribution is -0.390. The van der Waals surface area contributed by atoms with E-state index in [1.165, 1.54) is 12.0 Å². The highest BCUT2D eigenvalue weighted by Crippen LogP contribution is 2.19. The van der Waals surface area contributed by atoms with Crippen molar-refractivity contribution in [3.05, 3.63) is 71.9 Å². The summed E-state index contributed by atoms with van der Waals surface area (Å²) in [4.78, 5) is 14.7. The number of aromatic nitrogens is 4. The van der Waals surface area contributed by atoms with Crippen LogP contribution in [0.15, 0.2) is 65.9 Å². The summed E-state index contributed by atoms with van der Waals surface area (Å²) in [6.45, 7) is 2.46. The van der Waals surface area contributed by atoms with Crippen LogP contribution in [-0.2, 0) is 13.5 Å². The number of piperidine rings is 1. The number of anilines is 2. The lowest BCUT2D eigenvalue weighted by atomic mass is 10.1. The van der Waals surface area contributed by atoms with Crippen LogP contribution < -0.4 is 20.0 Å². The van der Waals surface area contributed by atoms with Gasteiger partial charge in [0.05, 0.1) is 25.9 Å². The van der Waals surface area contributed by atoms with Crippen LogP contribution >= 0.6 is 0 Å². The first kappa shape index (κ1) is 21.9. The number of rotatable bonds is 8. The Bertz CT molecular complexity index is 1260. The Balaban J connectivity index is 1.33.